The molecule has 0 aliphatic carbocycles. The number of fused-ring (bicyclic) bond motifs is 1. The standard InChI is InChI=1S/C11H16N2/c1-9-4-3-5-10-8-13(2)7-6-11(10)12-9/h4-5H,3,6-8H2,1-2H3. The van der Waals surface area contributed by atoms with Crippen LogP contribution in [-0.2, 0) is 0 Å². The molecule has 0 aromatic rings. The fourth-order valence-corrected chi connectivity index (χ4v) is 1.86. The van der Waals surface area contributed by atoms with Gasteiger partial charge in [0.1, 0.15) is 0 Å². The van der Waals surface area contributed by atoms with Gasteiger partial charge in [-0.25, -0.2) is 0 Å². The van der Waals surface area contributed by atoms with Crippen molar-refractivity contribution >= 4 is 5.71 Å². The van der Waals surface area contributed by atoms with Crippen LogP contribution in [0.4, 0.5) is 0 Å². The van der Waals surface area contributed by atoms with E-state index in [4.69, 9.17) is 0 Å². The average Bonchev–Trinajstić information content (AvgIpc) is 2.25. The largest absolute Gasteiger partial charge is 0.302 e. The fraction of sp³-hybridized carbons (Fsp3) is 0.545. The lowest BCUT2D eigenvalue weighted by Crippen LogP contribution is -2.32. The number of nitrogens with zero attached hydrogens (tertiary/aromatic N) is 2. The van der Waals surface area contributed by atoms with Gasteiger partial charge >= 0.3 is 0 Å². The minimum atomic E-state index is 1.04. The molecule has 2 heteroatoms. The first kappa shape index (κ1) is 8.70. The molecule has 0 N–H and O–H groups in total. The van der Waals surface area contributed by atoms with Crippen molar-refractivity contribution < 1.29 is 0 Å². The Bertz CT molecular complexity index is 297. The van der Waals surface area contributed by atoms with Crippen LogP contribution in [-0.4, -0.2) is 30.7 Å². The van der Waals surface area contributed by atoms with Crippen molar-refractivity contribution in [1.29, 1.82) is 0 Å². The minimum Gasteiger partial charge on any atom is -0.302 e. The van der Waals surface area contributed by atoms with Gasteiger partial charge in [-0.15, -0.1) is 0 Å². The first-order chi connectivity index (χ1) is 6.25. The molecule has 0 spiro atoms. The highest BCUT2D eigenvalue weighted by atomic mass is 15.1. The Labute approximate surface area is 79.7 Å². The maximum atomic E-state index is 4.62. The summed E-state index contributed by atoms with van der Waals surface area (Å²) < 4.78 is 0. The monoisotopic (exact) mass is 176 g/mol. The molecule has 2 nitrogen and oxygen atoms in total. The number of aliphatic imine (C=N–C) groups is 1. The summed E-state index contributed by atoms with van der Waals surface area (Å²) in [5.41, 5.74) is 3.91. The van der Waals surface area contributed by atoms with E-state index in [1.165, 1.54) is 17.0 Å². The van der Waals surface area contributed by atoms with E-state index >= 15 is 0 Å². The molecule has 0 bridgehead atoms. The van der Waals surface area contributed by atoms with Crippen LogP contribution in [0.15, 0.2) is 28.4 Å². The van der Waals surface area contributed by atoms with Crippen LogP contribution in [0.2, 0.25) is 0 Å². The zero-order valence-electron chi connectivity index (χ0n) is 8.38. The number of rotatable bonds is 0. The average molecular weight is 176 g/mol. The van der Waals surface area contributed by atoms with Crippen molar-refractivity contribution in [3.63, 3.8) is 0 Å². The topological polar surface area (TPSA) is 15.6 Å². The molecule has 0 atom stereocenters. The second kappa shape index (κ2) is 3.46. The summed E-state index contributed by atoms with van der Waals surface area (Å²) in [7, 11) is 2.17. The van der Waals surface area contributed by atoms with Crippen LogP contribution in [0, 0.1) is 0 Å². The molecule has 1 fully saturated rings. The van der Waals surface area contributed by atoms with Crippen molar-refractivity contribution in [2.24, 2.45) is 4.99 Å². The van der Waals surface area contributed by atoms with Gasteiger partial charge < -0.3 is 4.90 Å². The number of hydrogen-bond acceptors (Lipinski definition) is 2. The van der Waals surface area contributed by atoms with E-state index in [9.17, 15) is 0 Å². The van der Waals surface area contributed by atoms with E-state index < -0.39 is 0 Å². The van der Waals surface area contributed by atoms with Gasteiger partial charge in [0.25, 0.3) is 0 Å². The molecule has 70 valence electrons. The lowest BCUT2D eigenvalue weighted by atomic mass is 10.0. The molecule has 2 aliphatic heterocycles. The van der Waals surface area contributed by atoms with Gasteiger partial charge in [0, 0.05) is 30.9 Å². The number of allylic oxidation sites excluding steroid dienone is 3. The Hall–Kier alpha value is -0.890. The third kappa shape index (κ3) is 1.89. The van der Waals surface area contributed by atoms with Crippen LogP contribution in [0.5, 0.6) is 0 Å². The van der Waals surface area contributed by atoms with Crippen LogP contribution < -0.4 is 0 Å². The third-order valence-corrected chi connectivity index (χ3v) is 2.63. The summed E-state index contributed by atoms with van der Waals surface area (Å²) in [5, 5.41) is 0. The van der Waals surface area contributed by atoms with E-state index in [0.717, 1.165) is 25.9 Å². The van der Waals surface area contributed by atoms with Gasteiger partial charge in [-0.2, -0.15) is 0 Å². The van der Waals surface area contributed by atoms with Crippen LogP contribution in [0.3, 0.4) is 0 Å². The number of likely N-dealkylation sites (tertiary alicyclic amines) is 1. The normalized spacial score (nSPS) is 24.0. The van der Waals surface area contributed by atoms with Crippen molar-refractivity contribution in [3.8, 4) is 0 Å². The number of likely N-dealkylation sites (N-methyl/N-ethyl adjacent to an activating group) is 1. The predicted octanol–water partition coefficient (Wildman–Crippen LogP) is 2.00. The summed E-state index contributed by atoms with van der Waals surface area (Å²) in [5.74, 6) is 0. The minimum absolute atomic E-state index is 1.04. The van der Waals surface area contributed by atoms with E-state index in [1.54, 1.807) is 0 Å². The quantitative estimate of drug-likeness (QED) is 0.551. The molecule has 2 rings (SSSR count). The lowest BCUT2D eigenvalue weighted by molar-refractivity contribution is 0.364. The highest BCUT2D eigenvalue weighted by molar-refractivity contribution is 6.02. The molecule has 0 unspecified atom stereocenters. The molecule has 0 amide bonds. The van der Waals surface area contributed by atoms with Gasteiger partial charge in [-0.1, -0.05) is 12.2 Å². The Balaban J connectivity index is 2.25. The molecule has 0 saturated carbocycles. The molecule has 0 radical (unpaired) electrons. The van der Waals surface area contributed by atoms with E-state index in [0.29, 0.717) is 0 Å². The summed E-state index contributed by atoms with van der Waals surface area (Å²) >= 11 is 0. The van der Waals surface area contributed by atoms with Crippen LogP contribution >= 0.6 is 0 Å². The summed E-state index contributed by atoms with van der Waals surface area (Å²) in [6.07, 6.45) is 6.65. The molecule has 0 aromatic heterocycles. The predicted molar refractivity (Wildman–Crippen MR) is 56.0 cm³/mol. The number of hydrogen-bond donors (Lipinski definition) is 0. The first-order valence-electron chi connectivity index (χ1n) is 4.88. The SMILES string of the molecule is CC1=CCC=C2CN(C)CCC2=N1. The first-order valence-corrected chi connectivity index (χ1v) is 4.88. The molecule has 0 aromatic carbocycles. The lowest BCUT2D eigenvalue weighted by Gasteiger charge is -2.25. The Kier molecular flexibility index (Phi) is 2.32. The summed E-state index contributed by atoms with van der Waals surface area (Å²) in [4.78, 5) is 6.97. The Morgan fingerprint density at radius 1 is 1.38 bits per heavy atom. The molecule has 13 heavy (non-hydrogen) atoms. The van der Waals surface area contributed by atoms with Gasteiger partial charge in [-0.05, 0) is 26.0 Å². The zero-order valence-corrected chi connectivity index (χ0v) is 8.38. The molecule has 1 saturated heterocycles. The van der Waals surface area contributed by atoms with Crippen molar-refractivity contribution in [3.05, 3.63) is 23.4 Å². The van der Waals surface area contributed by atoms with E-state index in [2.05, 4.69) is 36.0 Å². The maximum Gasteiger partial charge on any atom is 0.0461 e. The Morgan fingerprint density at radius 2 is 2.23 bits per heavy atom. The Morgan fingerprint density at radius 3 is 3.08 bits per heavy atom. The van der Waals surface area contributed by atoms with Gasteiger partial charge in [0.05, 0.1) is 0 Å². The van der Waals surface area contributed by atoms with Crippen molar-refractivity contribution in [2.75, 3.05) is 20.1 Å². The smallest absolute Gasteiger partial charge is 0.0461 e. The van der Waals surface area contributed by atoms with Crippen molar-refractivity contribution in [2.45, 2.75) is 19.8 Å². The summed E-state index contributed by atoms with van der Waals surface area (Å²) in [6.45, 7) is 4.30. The fourth-order valence-electron chi connectivity index (χ4n) is 1.86. The molecular weight excluding hydrogens is 160 g/mol. The second-order valence-corrected chi connectivity index (χ2v) is 3.86. The molecule has 2 aliphatic rings. The third-order valence-electron chi connectivity index (χ3n) is 2.63. The summed E-state index contributed by atoms with van der Waals surface area (Å²) in [6, 6.07) is 0. The molecular formula is C11H16N2. The van der Waals surface area contributed by atoms with Crippen molar-refractivity contribution in [1.82, 2.24) is 4.90 Å². The van der Waals surface area contributed by atoms with Crippen LogP contribution in [0.1, 0.15) is 19.8 Å². The maximum absolute atomic E-state index is 4.62. The number of piperidine rings is 1. The second-order valence-electron chi connectivity index (χ2n) is 3.86. The van der Waals surface area contributed by atoms with Gasteiger partial charge in [0.2, 0.25) is 0 Å². The highest BCUT2D eigenvalue weighted by Crippen LogP contribution is 2.18. The zero-order chi connectivity index (χ0) is 9.26. The highest BCUT2D eigenvalue weighted by Gasteiger charge is 2.17. The van der Waals surface area contributed by atoms with E-state index in [1.807, 2.05) is 0 Å². The van der Waals surface area contributed by atoms with E-state index in [-0.39, 0.29) is 0 Å². The van der Waals surface area contributed by atoms with Gasteiger partial charge in [-0.3, -0.25) is 4.99 Å². The van der Waals surface area contributed by atoms with Crippen LogP contribution in [0.25, 0.3) is 0 Å². The van der Waals surface area contributed by atoms with Gasteiger partial charge in [0.15, 0.2) is 0 Å². The molecule has 2 heterocycles.